The van der Waals surface area contributed by atoms with Crippen molar-refractivity contribution in [1.82, 2.24) is 9.97 Å². The number of aromatic amines is 1. The van der Waals surface area contributed by atoms with Crippen LogP contribution in [0, 0.1) is 11.6 Å². The zero-order valence-electron chi connectivity index (χ0n) is 10.4. The fraction of sp³-hybridized carbons (Fsp3) is 0.0714. The molecule has 0 radical (unpaired) electrons. The average Bonchev–Trinajstić information content (AvgIpc) is 2.81. The van der Waals surface area contributed by atoms with Crippen LogP contribution in [-0.4, -0.2) is 17.1 Å². The normalized spacial score (nSPS) is 11.0. The van der Waals surface area contributed by atoms with E-state index in [9.17, 15) is 8.78 Å². The Labute approximate surface area is 121 Å². The van der Waals surface area contributed by atoms with E-state index in [0.717, 1.165) is 0 Å². The van der Waals surface area contributed by atoms with Gasteiger partial charge in [-0.3, -0.25) is 0 Å². The number of nitrogens with zero attached hydrogens (tertiary/aromatic N) is 1. The maximum Gasteiger partial charge on any atom is 0.145 e. The van der Waals surface area contributed by atoms with Gasteiger partial charge in [-0.05, 0) is 34.1 Å². The highest BCUT2D eigenvalue weighted by atomic mass is 79.9. The summed E-state index contributed by atoms with van der Waals surface area (Å²) < 4.78 is 32.9. The van der Waals surface area contributed by atoms with Gasteiger partial charge in [0.1, 0.15) is 23.2 Å². The molecule has 0 saturated carbocycles. The molecular formula is C14H9BrF2N2O. The van der Waals surface area contributed by atoms with Crippen LogP contribution in [0.4, 0.5) is 8.78 Å². The van der Waals surface area contributed by atoms with Gasteiger partial charge in [-0.15, -0.1) is 0 Å². The van der Waals surface area contributed by atoms with Gasteiger partial charge in [-0.2, -0.15) is 0 Å². The number of ether oxygens (including phenoxy) is 1. The fourth-order valence-electron chi connectivity index (χ4n) is 2.03. The third-order valence-corrected chi connectivity index (χ3v) is 3.56. The molecule has 0 aliphatic carbocycles. The van der Waals surface area contributed by atoms with E-state index >= 15 is 0 Å². The van der Waals surface area contributed by atoms with Crippen molar-refractivity contribution in [3.63, 3.8) is 0 Å². The predicted octanol–water partition coefficient (Wildman–Crippen LogP) is 4.28. The van der Waals surface area contributed by atoms with Crippen molar-refractivity contribution >= 4 is 27.0 Å². The third-order valence-electron chi connectivity index (χ3n) is 2.96. The Balaban J connectivity index is 2.25. The van der Waals surface area contributed by atoms with Gasteiger partial charge in [-0.1, -0.05) is 6.07 Å². The Morgan fingerprint density at radius 1 is 1.20 bits per heavy atom. The van der Waals surface area contributed by atoms with Crippen molar-refractivity contribution in [2.45, 2.75) is 0 Å². The summed E-state index contributed by atoms with van der Waals surface area (Å²) in [5.41, 5.74) is 1.26. The zero-order valence-corrected chi connectivity index (χ0v) is 12.0. The maximum atomic E-state index is 14.0. The number of imidazole rings is 1. The van der Waals surface area contributed by atoms with Crippen molar-refractivity contribution in [3.8, 4) is 17.1 Å². The molecule has 0 saturated heterocycles. The van der Waals surface area contributed by atoms with Gasteiger partial charge in [0.25, 0.3) is 0 Å². The van der Waals surface area contributed by atoms with Crippen LogP contribution < -0.4 is 4.74 Å². The van der Waals surface area contributed by atoms with Crippen LogP contribution in [0.2, 0.25) is 0 Å². The van der Waals surface area contributed by atoms with Gasteiger partial charge >= 0.3 is 0 Å². The quantitative estimate of drug-likeness (QED) is 0.757. The minimum atomic E-state index is -0.456. The minimum absolute atomic E-state index is 0.225. The SMILES string of the molecule is COc1cccc(F)c1-c1nc2cc(Br)c(F)cc2[nH]1. The van der Waals surface area contributed by atoms with Crippen LogP contribution in [0.25, 0.3) is 22.4 Å². The summed E-state index contributed by atoms with van der Waals surface area (Å²) in [6.45, 7) is 0. The molecule has 3 rings (SSSR count). The standard InChI is InChI=1S/C14H9BrF2N2O/c1-20-12-4-2-3-8(16)13(12)14-18-10-5-7(15)9(17)6-11(10)19-14/h2-6H,1H3,(H,18,19). The second-order valence-corrected chi connectivity index (χ2v) is 5.04. The first-order chi connectivity index (χ1) is 9.60. The van der Waals surface area contributed by atoms with Crippen LogP contribution in [0.1, 0.15) is 0 Å². The molecule has 0 atom stereocenters. The number of nitrogens with one attached hydrogen (secondary N) is 1. The molecule has 1 heterocycles. The molecule has 0 aliphatic rings. The number of hydrogen-bond donors (Lipinski definition) is 1. The Bertz CT molecular complexity index is 762. The number of benzene rings is 2. The van der Waals surface area contributed by atoms with Crippen molar-refractivity contribution in [1.29, 1.82) is 0 Å². The molecule has 20 heavy (non-hydrogen) atoms. The Hall–Kier alpha value is -1.95. The van der Waals surface area contributed by atoms with E-state index in [2.05, 4.69) is 25.9 Å². The molecule has 6 heteroatoms. The minimum Gasteiger partial charge on any atom is -0.496 e. The number of fused-ring (bicyclic) bond motifs is 1. The van der Waals surface area contributed by atoms with Crippen LogP contribution >= 0.6 is 15.9 Å². The summed E-state index contributed by atoms with van der Waals surface area (Å²) in [5, 5.41) is 0. The van der Waals surface area contributed by atoms with E-state index < -0.39 is 11.6 Å². The summed E-state index contributed by atoms with van der Waals surface area (Å²) in [6, 6.07) is 7.36. The number of hydrogen-bond acceptors (Lipinski definition) is 2. The average molecular weight is 339 g/mol. The number of H-pyrrole nitrogens is 1. The molecule has 0 aliphatic heterocycles. The lowest BCUT2D eigenvalue weighted by molar-refractivity contribution is 0.413. The molecule has 1 aromatic heterocycles. The maximum absolute atomic E-state index is 14.0. The number of methoxy groups -OCH3 is 1. The van der Waals surface area contributed by atoms with Crippen LogP contribution in [0.5, 0.6) is 5.75 Å². The van der Waals surface area contributed by atoms with Crippen LogP contribution in [0.3, 0.4) is 0 Å². The first-order valence-electron chi connectivity index (χ1n) is 5.78. The predicted molar refractivity (Wildman–Crippen MR) is 75.7 cm³/mol. The van der Waals surface area contributed by atoms with Gasteiger partial charge in [0.05, 0.1) is 28.2 Å². The van der Waals surface area contributed by atoms with Gasteiger partial charge in [-0.25, -0.2) is 13.8 Å². The van der Waals surface area contributed by atoms with Gasteiger partial charge in [0, 0.05) is 6.07 Å². The van der Waals surface area contributed by atoms with Crippen molar-refractivity contribution in [2.75, 3.05) is 7.11 Å². The van der Waals surface area contributed by atoms with E-state index in [1.165, 1.54) is 25.3 Å². The molecule has 0 unspecified atom stereocenters. The second-order valence-electron chi connectivity index (χ2n) is 4.19. The van der Waals surface area contributed by atoms with Gasteiger partial charge in [0.2, 0.25) is 0 Å². The lowest BCUT2D eigenvalue weighted by Crippen LogP contribution is -1.92. The molecule has 3 nitrogen and oxygen atoms in total. The lowest BCUT2D eigenvalue weighted by atomic mass is 10.2. The van der Waals surface area contributed by atoms with Gasteiger partial charge < -0.3 is 9.72 Å². The molecule has 0 bridgehead atoms. The Morgan fingerprint density at radius 3 is 2.75 bits per heavy atom. The molecule has 1 N–H and O–H groups in total. The number of halogens is 3. The van der Waals surface area contributed by atoms with Crippen LogP contribution in [0.15, 0.2) is 34.8 Å². The highest BCUT2D eigenvalue weighted by molar-refractivity contribution is 9.10. The largest absolute Gasteiger partial charge is 0.496 e. The third kappa shape index (κ3) is 2.06. The number of aromatic nitrogens is 2. The fourth-order valence-corrected chi connectivity index (χ4v) is 2.36. The molecule has 0 spiro atoms. The van der Waals surface area contributed by atoms with Crippen molar-refractivity contribution in [2.24, 2.45) is 0 Å². The summed E-state index contributed by atoms with van der Waals surface area (Å²) in [5.74, 6) is -0.202. The number of rotatable bonds is 2. The summed E-state index contributed by atoms with van der Waals surface area (Å²) in [7, 11) is 1.46. The highest BCUT2D eigenvalue weighted by Gasteiger charge is 2.16. The summed E-state index contributed by atoms with van der Waals surface area (Å²) in [4.78, 5) is 7.19. The first kappa shape index (κ1) is 13.1. The van der Waals surface area contributed by atoms with Crippen molar-refractivity contribution < 1.29 is 13.5 Å². The zero-order chi connectivity index (χ0) is 14.3. The first-order valence-corrected chi connectivity index (χ1v) is 6.57. The molecule has 0 amide bonds. The van der Waals surface area contributed by atoms with E-state index in [4.69, 9.17) is 4.74 Å². The lowest BCUT2D eigenvalue weighted by Gasteiger charge is -2.06. The van der Waals surface area contributed by atoms with Crippen molar-refractivity contribution in [3.05, 3.63) is 46.4 Å². The summed E-state index contributed by atoms with van der Waals surface area (Å²) in [6.07, 6.45) is 0. The molecule has 3 aromatic rings. The van der Waals surface area contributed by atoms with E-state index in [0.29, 0.717) is 27.1 Å². The highest BCUT2D eigenvalue weighted by Crippen LogP contribution is 2.32. The Kier molecular flexibility index (Phi) is 3.17. The van der Waals surface area contributed by atoms with Crippen LogP contribution in [-0.2, 0) is 0 Å². The topological polar surface area (TPSA) is 37.9 Å². The molecular weight excluding hydrogens is 330 g/mol. The smallest absolute Gasteiger partial charge is 0.145 e. The monoisotopic (exact) mass is 338 g/mol. The summed E-state index contributed by atoms with van der Waals surface area (Å²) >= 11 is 3.10. The van der Waals surface area contributed by atoms with E-state index in [1.54, 1.807) is 12.1 Å². The van der Waals surface area contributed by atoms with E-state index in [-0.39, 0.29) is 5.56 Å². The Morgan fingerprint density at radius 2 is 2.00 bits per heavy atom. The second kappa shape index (κ2) is 4.86. The molecule has 2 aromatic carbocycles. The van der Waals surface area contributed by atoms with E-state index in [1.807, 2.05) is 0 Å². The molecule has 0 fully saturated rings. The molecule has 102 valence electrons. The van der Waals surface area contributed by atoms with Gasteiger partial charge in [0.15, 0.2) is 0 Å².